The molecule has 0 bridgehead atoms. The van der Waals surface area contributed by atoms with Gasteiger partial charge in [0.05, 0.1) is 13.0 Å². The van der Waals surface area contributed by atoms with Crippen LogP contribution in [0.3, 0.4) is 0 Å². The Bertz CT molecular complexity index is 398. The van der Waals surface area contributed by atoms with Gasteiger partial charge in [0.25, 0.3) is 0 Å². The molecule has 5 nitrogen and oxygen atoms in total. The standard InChI is InChI=1S/C13H17NO4/c1-17-11-2-4-12(5-3-11)18-7-6-14-8-10(9-14)13(15)16/h2-5,10H,6-9H2,1H3,(H,15,16). The second kappa shape index (κ2) is 5.73. The molecule has 18 heavy (non-hydrogen) atoms. The lowest BCUT2D eigenvalue weighted by Crippen LogP contribution is -2.51. The molecule has 1 aromatic carbocycles. The molecule has 1 aliphatic heterocycles. The highest BCUT2D eigenvalue weighted by molar-refractivity contribution is 5.71. The van der Waals surface area contributed by atoms with Gasteiger partial charge in [-0.1, -0.05) is 0 Å². The van der Waals surface area contributed by atoms with E-state index in [-0.39, 0.29) is 5.92 Å². The Morgan fingerprint density at radius 1 is 1.33 bits per heavy atom. The lowest BCUT2D eigenvalue weighted by Gasteiger charge is -2.36. The maximum Gasteiger partial charge on any atom is 0.309 e. The molecule has 0 spiro atoms. The molecule has 0 unspecified atom stereocenters. The zero-order valence-corrected chi connectivity index (χ0v) is 10.3. The number of carboxylic acids is 1. The lowest BCUT2D eigenvalue weighted by molar-refractivity contribution is -0.147. The summed E-state index contributed by atoms with van der Waals surface area (Å²) in [5.74, 6) is 0.689. The summed E-state index contributed by atoms with van der Waals surface area (Å²) in [5.41, 5.74) is 0. The van der Waals surface area contributed by atoms with E-state index in [0.29, 0.717) is 19.7 Å². The largest absolute Gasteiger partial charge is 0.497 e. The van der Waals surface area contributed by atoms with Gasteiger partial charge in [0, 0.05) is 19.6 Å². The number of methoxy groups -OCH3 is 1. The Morgan fingerprint density at radius 3 is 2.50 bits per heavy atom. The van der Waals surface area contributed by atoms with Crippen molar-refractivity contribution in [2.75, 3.05) is 33.4 Å². The normalized spacial score (nSPS) is 16.1. The lowest BCUT2D eigenvalue weighted by atomic mass is 10.0. The van der Waals surface area contributed by atoms with Crippen LogP contribution in [0.2, 0.25) is 0 Å². The van der Waals surface area contributed by atoms with Gasteiger partial charge in [0.1, 0.15) is 18.1 Å². The molecule has 1 saturated heterocycles. The van der Waals surface area contributed by atoms with Crippen molar-refractivity contribution in [3.05, 3.63) is 24.3 Å². The molecule has 1 aromatic rings. The van der Waals surface area contributed by atoms with Gasteiger partial charge < -0.3 is 14.6 Å². The predicted octanol–water partition coefficient (Wildman–Crippen LogP) is 1.09. The molecule has 0 atom stereocenters. The molecular weight excluding hydrogens is 234 g/mol. The predicted molar refractivity (Wildman–Crippen MR) is 66.1 cm³/mol. The highest BCUT2D eigenvalue weighted by Gasteiger charge is 2.31. The smallest absolute Gasteiger partial charge is 0.309 e. The van der Waals surface area contributed by atoms with E-state index in [0.717, 1.165) is 18.0 Å². The first-order chi connectivity index (χ1) is 8.69. The third kappa shape index (κ3) is 3.13. The van der Waals surface area contributed by atoms with Crippen molar-refractivity contribution in [3.63, 3.8) is 0 Å². The summed E-state index contributed by atoms with van der Waals surface area (Å²) in [6.45, 7) is 2.58. The Kier molecular flexibility index (Phi) is 4.04. The molecule has 0 aliphatic carbocycles. The number of hydrogen-bond donors (Lipinski definition) is 1. The van der Waals surface area contributed by atoms with Gasteiger partial charge in [-0.3, -0.25) is 9.69 Å². The van der Waals surface area contributed by atoms with Crippen LogP contribution in [0.4, 0.5) is 0 Å². The quantitative estimate of drug-likeness (QED) is 0.820. The molecule has 0 saturated carbocycles. The van der Waals surface area contributed by atoms with Crippen LogP contribution < -0.4 is 9.47 Å². The number of aliphatic carboxylic acids is 1. The van der Waals surface area contributed by atoms with E-state index in [1.807, 2.05) is 24.3 Å². The Morgan fingerprint density at radius 2 is 1.94 bits per heavy atom. The SMILES string of the molecule is COc1ccc(OCCN2CC(C(=O)O)C2)cc1. The average molecular weight is 251 g/mol. The van der Waals surface area contributed by atoms with Crippen molar-refractivity contribution in [1.29, 1.82) is 0 Å². The van der Waals surface area contributed by atoms with Crippen molar-refractivity contribution in [3.8, 4) is 11.5 Å². The summed E-state index contributed by atoms with van der Waals surface area (Å²) < 4.78 is 10.6. The zero-order chi connectivity index (χ0) is 13.0. The second-order valence-corrected chi connectivity index (χ2v) is 4.32. The number of likely N-dealkylation sites (tertiary alicyclic amines) is 1. The fraction of sp³-hybridized carbons (Fsp3) is 0.462. The number of ether oxygens (including phenoxy) is 2. The third-order valence-corrected chi connectivity index (χ3v) is 3.04. The maximum absolute atomic E-state index is 10.6. The van der Waals surface area contributed by atoms with E-state index in [1.54, 1.807) is 7.11 Å². The fourth-order valence-electron chi connectivity index (χ4n) is 1.87. The summed E-state index contributed by atoms with van der Waals surface area (Å²) in [5, 5.41) is 8.73. The molecular formula is C13H17NO4. The second-order valence-electron chi connectivity index (χ2n) is 4.32. The maximum atomic E-state index is 10.6. The third-order valence-electron chi connectivity index (χ3n) is 3.04. The van der Waals surface area contributed by atoms with Crippen molar-refractivity contribution < 1.29 is 19.4 Å². The van der Waals surface area contributed by atoms with Crippen LogP contribution in [-0.2, 0) is 4.79 Å². The van der Waals surface area contributed by atoms with E-state index in [1.165, 1.54) is 0 Å². The van der Waals surface area contributed by atoms with Crippen molar-refractivity contribution in [2.45, 2.75) is 0 Å². The molecule has 0 amide bonds. The monoisotopic (exact) mass is 251 g/mol. The van der Waals surface area contributed by atoms with Crippen LogP contribution in [0.5, 0.6) is 11.5 Å². The summed E-state index contributed by atoms with van der Waals surface area (Å²) in [4.78, 5) is 12.7. The summed E-state index contributed by atoms with van der Waals surface area (Å²) in [6, 6.07) is 7.41. The first kappa shape index (κ1) is 12.7. The molecule has 0 aromatic heterocycles. The van der Waals surface area contributed by atoms with E-state index in [4.69, 9.17) is 14.6 Å². The summed E-state index contributed by atoms with van der Waals surface area (Å²) >= 11 is 0. The van der Waals surface area contributed by atoms with Crippen LogP contribution in [-0.4, -0.2) is 49.3 Å². The first-order valence-corrected chi connectivity index (χ1v) is 5.91. The van der Waals surface area contributed by atoms with Crippen LogP contribution in [0.25, 0.3) is 0 Å². The van der Waals surface area contributed by atoms with Crippen LogP contribution in [0.1, 0.15) is 0 Å². The van der Waals surface area contributed by atoms with Gasteiger partial charge >= 0.3 is 5.97 Å². The molecule has 98 valence electrons. The van der Waals surface area contributed by atoms with E-state index >= 15 is 0 Å². The molecule has 1 fully saturated rings. The van der Waals surface area contributed by atoms with E-state index in [2.05, 4.69) is 4.90 Å². The van der Waals surface area contributed by atoms with Crippen molar-refractivity contribution in [1.82, 2.24) is 4.90 Å². The molecule has 1 aliphatic rings. The Labute approximate surface area is 106 Å². The minimum atomic E-state index is -0.706. The van der Waals surface area contributed by atoms with Gasteiger partial charge in [-0.2, -0.15) is 0 Å². The highest BCUT2D eigenvalue weighted by Crippen LogP contribution is 2.18. The van der Waals surface area contributed by atoms with Crippen LogP contribution in [0.15, 0.2) is 24.3 Å². The van der Waals surface area contributed by atoms with Gasteiger partial charge in [-0.25, -0.2) is 0 Å². The van der Waals surface area contributed by atoms with E-state index < -0.39 is 5.97 Å². The van der Waals surface area contributed by atoms with Gasteiger partial charge in [-0.15, -0.1) is 0 Å². The van der Waals surface area contributed by atoms with Crippen LogP contribution >= 0.6 is 0 Å². The van der Waals surface area contributed by atoms with Crippen molar-refractivity contribution in [2.24, 2.45) is 5.92 Å². The summed E-state index contributed by atoms with van der Waals surface area (Å²) in [7, 11) is 1.62. The number of benzene rings is 1. The Balaban J connectivity index is 1.65. The number of hydrogen-bond acceptors (Lipinski definition) is 4. The molecule has 1 heterocycles. The van der Waals surface area contributed by atoms with Gasteiger partial charge in [-0.05, 0) is 24.3 Å². The zero-order valence-electron chi connectivity index (χ0n) is 10.3. The topological polar surface area (TPSA) is 59.0 Å². The molecule has 0 radical (unpaired) electrons. The van der Waals surface area contributed by atoms with Crippen molar-refractivity contribution >= 4 is 5.97 Å². The summed E-state index contributed by atoms with van der Waals surface area (Å²) in [6.07, 6.45) is 0. The highest BCUT2D eigenvalue weighted by atomic mass is 16.5. The molecule has 2 rings (SSSR count). The number of carbonyl (C=O) groups is 1. The average Bonchev–Trinajstić information content (AvgIpc) is 2.32. The molecule has 5 heteroatoms. The molecule has 1 N–H and O–H groups in total. The van der Waals surface area contributed by atoms with Gasteiger partial charge in [0.15, 0.2) is 0 Å². The number of nitrogens with zero attached hydrogens (tertiary/aromatic N) is 1. The minimum absolute atomic E-state index is 0.203. The number of rotatable bonds is 6. The van der Waals surface area contributed by atoms with Gasteiger partial charge in [0.2, 0.25) is 0 Å². The minimum Gasteiger partial charge on any atom is -0.497 e. The first-order valence-electron chi connectivity index (χ1n) is 5.91. The van der Waals surface area contributed by atoms with E-state index in [9.17, 15) is 4.79 Å². The number of carboxylic acid groups (broad SMARTS) is 1. The Hall–Kier alpha value is -1.75. The fourth-order valence-corrected chi connectivity index (χ4v) is 1.87. The van der Waals surface area contributed by atoms with Crippen LogP contribution in [0, 0.1) is 5.92 Å².